The number of carbonyl (C=O) groups is 1. The number of carbonyl (C=O) groups excluding carboxylic acids is 1. The monoisotopic (exact) mass is 188 g/mol. The van der Waals surface area contributed by atoms with E-state index in [2.05, 4.69) is 10.6 Å². The predicted molar refractivity (Wildman–Crippen MR) is 52.6 cm³/mol. The summed E-state index contributed by atoms with van der Waals surface area (Å²) in [5, 5.41) is 14.3. The quantitative estimate of drug-likeness (QED) is 0.615. The van der Waals surface area contributed by atoms with Crippen molar-refractivity contribution in [1.29, 1.82) is 0 Å². The summed E-state index contributed by atoms with van der Waals surface area (Å²) in [5.41, 5.74) is -0.238. The van der Waals surface area contributed by atoms with Crippen LogP contribution in [0.25, 0.3) is 0 Å². The molecule has 3 N–H and O–H groups in total. The van der Waals surface area contributed by atoms with Gasteiger partial charge in [0.1, 0.15) is 0 Å². The molecule has 0 radical (unpaired) electrons. The first kappa shape index (κ1) is 12.2. The number of hydrogen-bond donors (Lipinski definition) is 3. The second-order valence-corrected chi connectivity index (χ2v) is 4.14. The lowest BCUT2D eigenvalue weighted by Gasteiger charge is -2.23. The van der Waals surface area contributed by atoms with Gasteiger partial charge in [-0.2, -0.15) is 0 Å². The van der Waals surface area contributed by atoms with Crippen molar-refractivity contribution in [3.05, 3.63) is 0 Å². The van der Waals surface area contributed by atoms with Crippen molar-refractivity contribution in [2.75, 3.05) is 6.61 Å². The van der Waals surface area contributed by atoms with Crippen molar-refractivity contribution in [3.63, 3.8) is 0 Å². The molecule has 0 fully saturated rings. The predicted octanol–water partition coefficient (Wildman–Crippen LogP) is 0.855. The van der Waals surface area contributed by atoms with E-state index in [-0.39, 0.29) is 24.2 Å². The van der Waals surface area contributed by atoms with E-state index in [1.54, 1.807) is 0 Å². The number of amides is 2. The third kappa shape index (κ3) is 6.40. The summed E-state index contributed by atoms with van der Waals surface area (Å²) in [6.45, 7) is 7.62. The van der Waals surface area contributed by atoms with Crippen molar-refractivity contribution in [2.24, 2.45) is 0 Å². The van der Waals surface area contributed by atoms with Gasteiger partial charge in [0.2, 0.25) is 0 Å². The van der Waals surface area contributed by atoms with E-state index in [4.69, 9.17) is 5.11 Å². The van der Waals surface area contributed by atoms with Crippen molar-refractivity contribution in [3.8, 4) is 0 Å². The van der Waals surface area contributed by atoms with Crippen LogP contribution in [-0.4, -0.2) is 29.3 Å². The molecule has 1 atom stereocenters. The van der Waals surface area contributed by atoms with Crippen molar-refractivity contribution in [1.82, 2.24) is 10.6 Å². The normalized spacial score (nSPS) is 13.6. The lowest BCUT2D eigenvalue weighted by molar-refractivity contribution is 0.208. The van der Waals surface area contributed by atoms with E-state index >= 15 is 0 Å². The molecular weight excluding hydrogens is 168 g/mol. The van der Waals surface area contributed by atoms with E-state index in [0.29, 0.717) is 0 Å². The number of aliphatic hydroxyl groups is 1. The maximum atomic E-state index is 11.3. The molecule has 0 saturated carbocycles. The first-order valence-electron chi connectivity index (χ1n) is 4.58. The van der Waals surface area contributed by atoms with Crippen LogP contribution in [0, 0.1) is 0 Å². The molecule has 0 saturated heterocycles. The summed E-state index contributed by atoms with van der Waals surface area (Å²) in [4.78, 5) is 11.3. The minimum absolute atomic E-state index is 0.0198. The van der Waals surface area contributed by atoms with Crippen LogP contribution in [0.4, 0.5) is 4.79 Å². The number of rotatable bonds is 3. The molecule has 0 aliphatic rings. The van der Waals surface area contributed by atoms with Crippen molar-refractivity contribution >= 4 is 6.03 Å². The smallest absolute Gasteiger partial charge is 0.315 e. The van der Waals surface area contributed by atoms with Crippen LogP contribution in [0.3, 0.4) is 0 Å². The fourth-order valence-corrected chi connectivity index (χ4v) is 0.839. The van der Waals surface area contributed by atoms with Gasteiger partial charge in [-0.05, 0) is 27.2 Å². The van der Waals surface area contributed by atoms with E-state index < -0.39 is 0 Å². The fraction of sp³-hybridized carbons (Fsp3) is 0.889. The maximum absolute atomic E-state index is 11.3. The topological polar surface area (TPSA) is 61.4 Å². The second kappa shape index (κ2) is 5.07. The summed E-state index contributed by atoms with van der Waals surface area (Å²) in [5.74, 6) is 0. The lowest BCUT2D eigenvalue weighted by Crippen LogP contribution is -2.50. The summed E-state index contributed by atoms with van der Waals surface area (Å²) in [7, 11) is 0. The molecule has 4 nitrogen and oxygen atoms in total. The second-order valence-electron chi connectivity index (χ2n) is 4.14. The van der Waals surface area contributed by atoms with Crippen LogP contribution in [0.15, 0.2) is 0 Å². The molecule has 13 heavy (non-hydrogen) atoms. The third-order valence-corrected chi connectivity index (χ3v) is 1.54. The molecule has 0 unspecified atom stereocenters. The molecule has 0 rings (SSSR count). The van der Waals surface area contributed by atoms with Gasteiger partial charge in [-0.3, -0.25) is 0 Å². The fourth-order valence-electron chi connectivity index (χ4n) is 0.839. The Morgan fingerprint density at radius 1 is 1.46 bits per heavy atom. The van der Waals surface area contributed by atoms with Crippen LogP contribution in [0.2, 0.25) is 0 Å². The Labute approximate surface area is 79.7 Å². The van der Waals surface area contributed by atoms with E-state index in [9.17, 15) is 4.79 Å². The van der Waals surface area contributed by atoms with E-state index in [0.717, 1.165) is 6.42 Å². The Bertz CT molecular complexity index is 159. The first-order valence-corrected chi connectivity index (χ1v) is 4.58. The molecule has 2 amide bonds. The van der Waals surface area contributed by atoms with Gasteiger partial charge in [-0.1, -0.05) is 6.92 Å². The van der Waals surface area contributed by atoms with Gasteiger partial charge in [0.15, 0.2) is 0 Å². The molecule has 4 heteroatoms. The molecule has 0 aliphatic heterocycles. The molecule has 78 valence electrons. The molecule has 0 bridgehead atoms. The van der Waals surface area contributed by atoms with Crippen molar-refractivity contribution in [2.45, 2.75) is 45.7 Å². The van der Waals surface area contributed by atoms with Gasteiger partial charge in [-0.25, -0.2) is 4.79 Å². The highest BCUT2D eigenvalue weighted by atomic mass is 16.3. The largest absolute Gasteiger partial charge is 0.394 e. The van der Waals surface area contributed by atoms with Gasteiger partial charge in [0, 0.05) is 5.54 Å². The van der Waals surface area contributed by atoms with E-state index in [1.807, 2.05) is 27.7 Å². The summed E-state index contributed by atoms with van der Waals surface area (Å²) in [6.07, 6.45) is 0.730. The summed E-state index contributed by atoms with van der Waals surface area (Å²) >= 11 is 0. The molecular formula is C9H20N2O2. The molecule has 0 spiro atoms. The maximum Gasteiger partial charge on any atom is 0.315 e. The zero-order chi connectivity index (χ0) is 10.5. The standard InChI is InChI=1S/C9H20N2O2/c1-5-7(6-12)10-8(13)11-9(2,3)4/h7,12H,5-6H2,1-4H3,(H2,10,11,13)/t7-/m1/s1. The molecule has 0 aliphatic carbocycles. The SMILES string of the molecule is CC[C@H](CO)NC(=O)NC(C)(C)C. The van der Waals surface area contributed by atoms with Crippen LogP contribution >= 0.6 is 0 Å². The van der Waals surface area contributed by atoms with Gasteiger partial charge >= 0.3 is 6.03 Å². The first-order chi connectivity index (χ1) is 5.89. The molecule has 0 aromatic carbocycles. The van der Waals surface area contributed by atoms with Gasteiger partial charge in [0.25, 0.3) is 0 Å². The highest BCUT2D eigenvalue weighted by molar-refractivity contribution is 5.74. The zero-order valence-corrected chi connectivity index (χ0v) is 8.85. The Hall–Kier alpha value is -0.770. The highest BCUT2D eigenvalue weighted by Crippen LogP contribution is 1.98. The summed E-state index contributed by atoms with van der Waals surface area (Å²) in [6, 6.07) is -0.379. The Kier molecular flexibility index (Phi) is 4.77. The van der Waals surface area contributed by atoms with Gasteiger partial charge in [-0.15, -0.1) is 0 Å². The molecule has 0 aromatic heterocycles. The van der Waals surface area contributed by atoms with Crippen LogP contribution in [0.1, 0.15) is 34.1 Å². The highest BCUT2D eigenvalue weighted by Gasteiger charge is 2.15. The molecule has 0 heterocycles. The van der Waals surface area contributed by atoms with Crippen LogP contribution < -0.4 is 10.6 Å². The van der Waals surface area contributed by atoms with E-state index in [1.165, 1.54) is 0 Å². The van der Waals surface area contributed by atoms with Gasteiger partial charge < -0.3 is 15.7 Å². The minimum atomic E-state index is -0.238. The molecule has 0 aromatic rings. The Morgan fingerprint density at radius 2 is 2.00 bits per heavy atom. The third-order valence-electron chi connectivity index (χ3n) is 1.54. The number of nitrogens with one attached hydrogen (secondary N) is 2. The Morgan fingerprint density at radius 3 is 2.31 bits per heavy atom. The number of hydrogen-bond acceptors (Lipinski definition) is 2. The minimum Gasteiger partial charge on any atom is -0.394 e. The average Bonchev–Trinajstić information content (AvgIpc) is 1.96. The van der Waals surface area contributed by atoms with Crippen molar-refractivity contribution < 1.29 is 9.90 Å². The average molecular weight is 188 g/mol. The van der Waals surface area contributed by atoms with Crippen LogP contribution in [-0.2, 0) is 0 Å². The van der Waals surface area contributed by atoms with Gasteiger partial charge in [0.05, 0.1) is 12.6 Å². The number of urea groups is 1. The zero-order valence-electron chi connectivity index (χ0n) is 8.85. The number of aliphatic hydroxyl groups excluding tert-OH is 1. The summed E-state index contributed by atoms with van der Waals surface area (Å²) < 4.78 is 0. The Balaban J connectivity index is 3.86. The lowest BCUT2D eigenvalue weighted by atomic mass is 10.1. The van der Waals surface area contributed by atoms with Crippen LogP contribution in [0.5, 0.6) is 0 Å².